The van der Waals surface area contributed by atoms with E-state index in [0.29, 0.717) is 10.0 Å². The molecule has 0 heterocycles. The van der Waals surface area contributed by atoms with Gasteiger partial charge in [-0.1, -0.05) is 6.07 Å². The number of aliphatic hydroxyl groups is 1. The highest BCUT2D eigenvalue weighted by Crippen LogP contribution is 2.26. The van der Waals surface area contributed by atoms with Crippen molar-refractivity contribution in [2.45, 2.75) is 6.10 Å². The van der Waals surface area contributed by atoms with Crippen molar-refractivity contribution in [2.75, 3.05) is 6.67 Å². The molecule has 1 unspecified atom stereocenters. The van der Waals surface area contributed by atoms with E-state index in [9.17, 15) is 4.39 Å². The normalized spacial score (nSPS) is 12.9. The number of hydrogen-bond donors (Lipinski definition) is 2. The molecule has 0 bridgehead atoms. The lowest BCUT2D eigenvalue weighted by molar-refractivity contribution is 0.141. The Labute approximate surface area is 77.8 Å². The highest BCUT2D eigenvalue weighted by molar-refractivity contribution is 9.10. The molecule has 1 atom stereocenters. The maximum Gasteiger partial charge on any atom is 0.129 e. The van der Waals surface area contributed by atoms with E-state index in [-0.39, 0.29) is 5.75 Å². The summed E-state index contributed by atoms with van der Waals surface area (Å²) >= 11 is 3.06. The van der Waals surface area contributed by atoms with Crippen LogP contribution in [-0.4, -0.2) is 16.9 Å². The van der Waals surface area contributed by atoms with Gasteiger partial charge >= 0.3 is 0 Å². The summed E-state index contributed by atoms with van der Waals surface area (Å²) in [6.45, 7) is -0.822. The number of hydrogen-bond acceptors (Lipinski definition) is 2. The molecule has 1 aromatic carbocycles. The van der Waals surface area contributed by atoms with Crippen LogP contribution in [-0.2, 0) is 0 Å². The summed E-state index contributed by atoms with van der Waals surface area (Å²) in [5, 5.41) is 18.1. The summed E-state index contributed by atoms with van der Waals surface area (Å²) in [4.78, 5) is 0. The molecule has 2 nitrogen and oxygen atoms in total. The highest BCUT2D eigenvalue weighted by Gasteiger charge is 2.08. The van der Waals surface area contributed by atoms with Gasteiger partial charge in [0.25, 0.3) is 0 Å². The Morgan fingerprint density at radius 2 is 2.17 bits per heavy atom. The molecule has 0 radical (unpaired) electrons. The molecule has 0 amide bonds. The van der Waals surface area contributed by atoms with Crippen LogP contribution in [0.4, 0.5) is 4.39 Å². The monoisotopic (exact) mass is 234 g/mol. The smallest absolute Gasteiger partial charge is 0.129 e. The Hall–Kier alpha value is -0.610. The SMILES string of the molecule is Oc1ccc(C(O)CF)cc1Br. The number of aliphatic hydroxyl groups excluding tert-OH is 1. The van der Waals surface area contributed by atoms with E-state index in [1.54, 1.807) is 0 Å². The lowest BCUT2D eigenvalue weighted by Crippen LogP contribution is -1.98. The Balaban J connectivity index is 2.96. The minimum atomic E-state index is -1.11. The molecule has 0 saturated carbocycles. The Morgan fingerprint density at radius 1 is 1.50 bits per heavy atom. The molecule has 1 rings (SSSR count). The van der Waals surface area contributed by atoms with Gasteiger partial charge < -0.3 is 10.2 Å². The van der Waals surface area contributed by atoms with E-state index in [2.05, 4.69) is 15.9 Å². The molecular formula is C8H8BrFO2. The molecule has 0 saturated heterocycles. The van der Waals surface area contributed by atoms with Gasteiger partial charge in [-0.25, -0.2) is 4.39 Å². The minimum absolute atomic E-state index is 0.0739. The second kappa shape index (κ2) is 3.87. The van der Waals surface area contributed by atoms with Crippen molar-refractivity contribution in [3.05, 3.63) is 28.2 Å². The maximum atomic E-state index is 12.0. The molecule has 0 aromatic heterocycles. The van der Waals surface area contributed by atoms with Crippen molar-refractivity contribution < 1.29 is 14.6 Å². The third kappa shape index (κ3) is 1.95. The third-order valence-electron chi connectivity index (χ3n) is 1.50. The number of rotatable bonds is 2. The lowest BCUT2D eigenvalue weighted by atomic mass is 10.1. The van der Waals surface area contributed by atoms with Crippen LogP contribution in [0, 0.1) is 0 Å². The van der Waals surface area contributed by atoms with Gasteiger partial charge in [-0.3, -0.25) is 0 Å². The van der Waals surface area contributed by atoms with Crippen LogP contribution in [0.1, 0.15) is 11.7 Å². The fraction of sp³-hybridized carbons (Fsp3) is 0.250. The Bertz CT molecular complexity index is 278. The molecular weight excluding hydrogens is 227 g/mol. The van der Waals surface area contributed by atoms with Crippen LogP contribution in [0.25, 0.3) is 0 Å². The van der Waals surface area contributed by atoms with Crippen molar-refractivity contribution in [1.82, 2.24) is 0 Å². The Kier molecular flexibility index (Phi) is 3.05. The largest absolute Gasteiger partial charge is 0.507 e. The summed E-state index contributed by atoms with van der Waals surface area (Å²) in [6, 6.07) is 4.36. The van der Waals surface area contributed by atoms with Crippen molar-refractivity contribution >= 4 is 15.9 Å². The molecule has 4 heteroatoms. The van der Waals surface area contributed by atoms with Crippen LogP contribution in [0.15, 0.2) is 22.7 Å². The first kappa shape index (κ1) is 9.48. The number of phenolic OH excluding ortho intramolecular Hbond substituents is 1. The highest BCUT2D eigenvalue weighted by atomic mass is 79.9. The second-order valence-electron chi connectivity index (χ2n) is 2.38. The third-order valence-corrected chi connectivity index (χ3v) is 2.14. The molecule has 0 aliphatic carbocycles. The fourth-order valence-electron chi connectivity index (χ4n) is 0.820. The van der Waals surface area contributed by atoms with Gasteiger partial charge in [-0.15, -0.1) is 0 Å². The number of halogens is 2. The summed E-state index contributed by atoms with van der Waals surface area (Å²) in [7, 11) is 0. The zero-order valence-corrected chi connectivity index (χ0v) is 7.75. The molecule has 0 aliphatic heterocycles. The first-order chi connectivity index (χ1) is 5.65. The van der Waals surface area contributed by atoms with Crippen molar-refractivity contribution in [3.63, 3.8) is 0 Å². The molecule has 2 N–H and O–H groups in total. The summed E-state index contributed by atoms with van der Waals surface area (Å²) in [6.07, 6.45) is -1.11. The quantitative estimate of drug-likeness (QED) is 0.824. The van der Waals surface area contributed by atoms with Gasteiger partial charge in [0.2, 0.25) is 0 Å². The van der Waals surface area contributed by atoms with Crippen molar-refractivity contribution in [1.29, 1.82) is 0 Å². The van der Waals surface area contributed by atoms with Crippen LogP contribution in [0.5, 0.6) is 5.75 Å². The van der Waals surface area contributed by atoms with Crippen molar-refractivity contribution in [2.24, 2.45) is 0 Å². The van der Waals surface area contributed by atoms with Gasteiger partial charge in [0.15, 0.2) is 0 Å². The predicted molar refractivity (Wildman–Crippen MR) is 46.7 cm³/mol. The first-order valence-electron chi connectivity index (χ1n) is 3.37. The number of phenols is 1. The first-order valence-corrected chi connectivity index (χ1v) is 4.17. The predicted octanol–water partition coefficient (Wildman–Crippen LogP) is 2.16. The Morgan fingerprint density at radius 3 is 2.67 bits per heavy atom. The minimum Gasteiger partial charge on any atom is -0.507 e. The zero-order valence-electron chi connectivity index (χ0n) is 6.17. The van der Waals surface area contributed by atoms with E-state index in [1.165, 1.54) is 18.2 Å². The average Bonchev–Trinajstić information content (AvgIpc) is 2.08. The van der Waals surface area contributed by atoms with Crippen LogP contribution in [0.3, 0.4) is 0 Å². The maximum absolute atomic E-state index is 12.0. The van der Waals surface area contributed by atoms with E-state index >= 15 is 0 Å². The summed E-state index contributed by atoms with van der Waals surface area (Å²) in [5.74, 6) is 0.0739. The standard InChI is InChI=1S/C8H8BrFO2/c9-6-3-5(8(12)4-10)1-2-7(6)11/h1-3,8,11-12H,4H2. The second-order valence-corrected chi connectivity index (χ2v) is 3.24. The van der Waals surface area contributed by atoms with Gasteiger partial charge in [-0.05, 0) is 33.6 Å². The molecule has 0 spiro atoms. The van der Waals surface area contributed by atoms with Crippen LogP contribution in [0.2, 0.25) is 0 Å². The van der Waals surface area contributed by atoms with E-state index in [1.807, 2.05) is 0 Å². The zero-order chi connectivity index (χ0) is 9.14. The molecule has 12 heavy (non-hydrogen) atoms. The van der Waals surface area contributed by atoms with E-state index < -0.39 is 12.8 Å². The van der Waals surface area contributed by atoms with Gasteiger partial charge in [0, 0.05) is 0 Å². The number of benzene rings is 1. The lowest BCUT2D eigenvalue weighted by Gasteiger charge is -2.06. The molecule has 0 fully saturated rings. The topological polar surface area (TPSA) is 40.5 Å². The van der Waals surface area contributed by atoms with Crippen LogP contribution < -0.4 is 0 Å². The summed E-state index contributed by atoms with van der Waals surface area (Å²) in [5.41, 5.74) is 0.446. The van der Waals surface area contributed by atoms with E-state index in [4.69, 9.17) is 10.2 Å². The van der Waals surface area contributed by atoms with Gasteiger partial charge in [0.1, 0.15) is 18.5 Å². The fourth-order valence-corrected chi connectivity index (χ4v) is 1.22. The van der Waals surface area contributed by atoms with Crippen LogP contribution >= 0.6 is 15.9 Å². The number of alkyl halides is 1. The van der Waals surface area contributed by atoms with Gasteiger partial charge in [0.05, 0.1) is 4.47 Å². The van der Waals surface area contributed by atoms with Crippen molar-refractivity contribution in [3.8, 4) is 5.75 Å². The molecule has 0 aliphatic rings. The van der Waals surface area contributed by atoms with E-state index in [0.717, 1.165) is 0 Å². The summed E-state index contributed by atoms with van der Waals surface area (Å²) < 4.78 is 12.4. The number of aromatic hydroxyl groups is 1. The molecule has 1 aromatic rings. The van der Waals surface area contributed by atoms with Gasteiger partial charge in [-0.2, -0.15) is 0 Å². The average molecular weight is 235 g/mol. The molecule has 66 valence electrons.